The molecule has 19 heavy (non-hydrogen) atoms. The molecule has 0 fully saturated rings. The maximum atomic E-state index is 11.2. The molecular formula is C12H19N5O2. The third-order valence-electron chi connectivity index (χ3n) is 3.07. The molecule has 1 atom stereocenters. The van der Waals surface area contributed by atoms with Gasteiger partial charge in [-0.15, -0.1) is 0 Å². The molecule has 0 radical (unpaired) electrons. The van der Waals surface area contributed by atoms with E-state index in [1.54, 1.807) is 23.6 Å². The molecule has 0 bridgehead atoms. The summed E-state index contributed by atoms with van der Waals surface area (Å²) in [6.07, 6.45) is 1.15. The number of anilines is 1. The highest BCUT2D eigenvalue weighted by molar-refractivity contribution is 5.61. The fourth-order valence-electron chi connectivity index (χ4n) is 1.97. The second kappa shape index (κ2) is 6.18. The van der Waals surface area contributed by atoms with E-state index in [1.807, 2.05) is 13.8 Å². The van der Waals surface area contributed by atoms with E-state index in [-0.39, 0.29) is 11.7 Å². The Morgan fingerprint density at radius 3 is 2.74 bits per heavy atom. The van der Waals surface area contributed by atoms with Crippen LogP contribution in [0.15, 0.2) is 0 Å². The molecule has 0 saturated heterocycles. The van der Waals surface area contributed by atoms with Gasteiger partial charge in [-0.3, -0.25) is 10.1 Å². The number of nitriles is 1. The predicted molar refractivity (Wildman–Crippen MR) is 72.0 cm³/mol. The molecule has 1 aromatic heterocycles. The topological polar surface area (TPSA) is 88.0 Å². The second-order valence-corrected chi connectivity index (χ2v) is 4.56. The van der Waals surface area contributed by atoms with Crippen molar-refractivity contribution in [1.29, 1.82) is 5.26 Å². The van der Waals surface area contributed by atoms with Crippen LogP contribution in [0.1, 0.15) is 32.4 Å². The smallest absolute Gasteiger partial charge is 0.333 e. The van der Waals surface area contributed by atoms with E-state index >= 15 is 0 Å². The summed E-state index contributed by atoms with van der Waals surface area (Å²) in [7, 11) is 1.76. The minimum Gasteiger partial charge on any atom is -0.350 e. The van der Waals surface area contributed by atoms with Gasteiger partial charge in [0.05, 0.1) is 17.4 Å². The van der Waals surface area contributed by atoms with Crippen molar-refractivity contribution >= 4 is 11.5 Å². The maximum absolute atomic E-state index is 11.2. The first-order chi connectivity index (χ1) is 8.93. The highest BCUT2D eigenvalue weighted by atomic mass is 16.6. The van der Waals surface area contributed by atoms with Crippen LogP contribution in [0.3, 0.4) is 0 Å². The highest BCUT2D eigenvalue weighted by Gasteiger charge is 2.29. The molecule has 0 spiro atoms. The number of rotatable bonds is 6. The van der Waals surface area contributed by atoms with Crippen molar-refractivity contribution in [2.24, 2.45) is 0 Å². The standard InChI is InChI=1S/C12H19N5O2/c1-5-8-16-12(15(4)9(2)6-7-13)11(17(18)19)10(3)14-16/h9H,5-6,8H2,1-4H3. The summed E-state index contributed by atoms with van der Waals surface area (Å²) in [6.45, 7) is 6.11. The number of aryl methyl sites for hydroxylation is 2. The van der Waals surface area contributed by atoms with Crippen molar-refractivity contribution in [3.63, 3.8) is 0 Å². The normalized spacial score (nSPS) is 11.9. The van der Waals surface area contributed by atoms with Crippen molar-refractivity contribution in [3.8, 4) is 6.07 Å². The van der Waals surface area contributed by atoms with Gasteiger partial charge in [-0.25, -0.2) is 4.68 Å². The van der Waals surface area contributed by atoms with Crippen LogP contribution in [0.25, 0.3) is 0 Å². The lowest BCUT2D eigenvalue weighted by Gasteiger charge is -2.24. The lowest BCUT2D eigenvalue weighted by Crippen LogP contribution is -2.31. The summed E-state index contributed by atoms with van der Waals surface area (Å²) in [5.74, 6) is 0.479. The van der Waals surface area contributed by atoms with Crippen LogP contribution in [0, 0.1) is 28.4 Å². The van der Waals surface area contributed by atoms with E-state index in [2.05, 4.69) is 11.2 Å². The van der Waals surface area contributed by atoms with Crippen LogP contribution >= 0.6 is 0 Å². The Labute approximate surface area is 112 Å². The zero-order valence-electron chi connectivity index (χ0n) is 11.8. The molecule has 0 N–H and O–H groups in total. The van der Waals surface area contributed by atoms with Crippen molar-refractivity contribution < 1.29 is 4.92 Å². The lowest BCUT2D eigenvalue weighted by molar-refractivity contribution is -0.384. The minimum atomic E-state index is -0.403. The largest absolute Gasteiger partial charge is 0.350 e. The zero-order chi connectivity index (χ0) is 14.6. The SMILES string of the molecule is CCCn1nc(C)c([N+](=O)[O-])c1N(C)C(C)CC#N. The van der Waals surface area contributed by atoms with E-state index < -0.39 is 4.92 Å². The first-order valence-corrected chi connectivity index (χ1v) is 6.25. The third kappa shape index (κ3) is 3.02. The van der Waals surface area contributed by atoms with Gasteiger partial charge < -0.3 is 4.90 Å². The number of hydrogen-bond donors (Lipinski definition) is 0. The average Bonchev–Trinajstić information content (AvgIpc) is 2.65. The summed E-state index contributed by atoms with van der Waals surface area (Å²) in [5, 5.41) is 24.2. The van der Waals surface area contributed by atoms with Crippen LogP contribution < -0.4 is 4.90 Å². The Bertz CT molecular complexity index is 503. The van der Waals surface area contributed by atoms with Gasteiger partial charge in [0.15, 0.2) is 0 Å². The monoisotopic (exact) mass is 265 g/mol. The van der Waals surface area contributed by atoms with Crippen LogP contribution in [0.4, 0.5) is 11.5 Å². The number of nitro groups is 1. The quantitative estimate of drug-likeness (QED) is 0.581. The zero-order valence-corrected chi connectivity index (χ0v) is 11.8. The Morgan fingerprint density at radius 1 is 1.63 bits per heavy atom. The molecule has 0 aliphatic carbocycles. The van der Waals surface area contributed by atoms with Crippen LogP contribution in [-0.2, 0) is 6.54 Å². The lowest BCUT2D eigenvalue weighted by atomic mass is 10.2. The molecule has 0 amide bonds. The first-order valence-electron chi connectivity index (χ1n) is 6.25. The average molecular weight is 265 g/mol. The molecule has 1 aromatic rings. The molecule has 1 heterocycles. The van der Waals surface area contributed by atoms with Gasteiger partial charge >= 0.3 is 5.69 Å². The summed E-state index contributed by atoms with van der Waals surface area (Å²) < 4.78 is 1.65. The van der Waals surface area contributed by atoms with Crippen LogP contribution in [0.5, 0.6) is 0 Å². The van der Waals surface area contributed by atoms with E-state index in [9.17, 15) is 10.1 Å². The summed E-state index contributed by atoms with van der Waals surface area (Å²) >= 11 is 0. The summed E-state index contributed by atoms with van der Waals surface area (Å²) in [4.78, 5) is 12.6. The molecule has 104 valence electrons. The number of aromatic nitrogens is 2. The van der Waals surface area contributed by atoms with Crippen LogP contribution in [0.2, 0.25) is 0 Å². The van der Waals surface area contributed by atoms with Gasteiger partial charge in [-0.1, -0.05) is 6.92 Å². The van der Waals surface area contributed by atoms with E-state index in [1.165, 1.54) is 0 Å². The van der Waals surface area contributed by atoms with E-state index in [0.717, 1.165) is 6.42 Å². The minimum absolute atomic E-state index is 0.0285. The fourth-order valence-corrected chi connectivity index (χ4v) is 1.97. The number of hydrogen-bond acceptors (Lipinski definition) is 5. The van der Waals surface area contributed by atoms with E-state index in [4.69, 9.17) is 5.26 Å². The van der Waals surface area contributed by atoms with Crippen molar-refractivity contribution in [3.05, 3.63) is 15.8 Å². The molecule has 1 rings (SSSR count). The Balaban J connectivity index is 3.29. The molecule has 7 nitrogen and oxygen atoms in total. The molecule has 0 aliphatic rings. The van der Waals surface area contributed by atoms with Crippen molar-refractivity contribution in [2.45, 2.75) is 46.2 Å². The number of nitrogens with zero attached hydrogens (tertiary/aromatic N) is 5. The van der Waals surface area contributed by atoms with Crippen molar-refractivity contribution in [1.82, 2.24) is 9.78 Å². The highest BCUT2D eigenvalue weighted by Crippen LogP contribution is 2.32. The van der Waals surface area contributed by atoms with Crippen LogP contribution in [-0.4, -0.2) is 27.8 Å². The third-order valence-corrected chi connectivity index (χ3v) is 3.07. The van der Waals surface area contributed by atoms with Gasteiger partial charge in [0.25, 0.3) is 0 Å². The Morgan fingerprint density at radius 2 is 2.26 bits per heavy atom. The van der Waals surface area contributed by atoms with E-state index in [0.29, 0.717) is 24.5 Å². The predicted octanol–water partition coefficient (Wildman–Crippen LogP) is 2.25. The molecule has 1 unspecified atom stereocenters. The molecule has 0 aliphatic heterocycles. The Hall–Kier alpha value is -2.10. The second-order valence-electron chi connectivity index (χ2n) is 4.56. The van der Waals surface area contributed by atoms with Gasteiger partial charge in [-0.05, 0) is 20.3 Å². The molecule has 0 aromatic carbocycles. The summed E-state index contributed by atoms with van der Waals surface area (Å²) in [6, 6.07) is 1.98. The first kappa shape index (κ1) is 15.0. The molecular weight excluding hydrogens is 246 g/mol. The maximum Gasteiger partial charge on any atom is 0.333 e. The fraction of sp³-hybridized carbons (Fsp3) is 0.667. The van der Waals surface area contributed by atoms with Crippen molar-refractivity contribution in [2.75, 3.05) is 11.9 Å². The Kier molecular flexibility index (Phi) is 4.87. The van der Waals surface area contributed by atoms with Gasteiger partial charge in [0.1, 0.15) is 5.69 Å². The van der Waals surface area contributed by atoms with Gasteiger partial charge in [-0.2, -0.15) is 10.4 Å². The van der Waals surface area contributed by atoms with Gasteiger partial charge in [0, 0.05) is 19.6 Å². The molecule has 0 saturated carbocycles. The summed E-state index contributed by atoms with van der Waals surface area (Å²) in [5.41, 5.74) is 0.435. The molecule has 7 heteroatoms. The van der Waals surface area contributed by atoms with Gasteiger partial charge in [0.2, 0.25) is 5.82 Å².